The molecule has 2 N–H and O–H groups in total. The maximum Gasteiger partial charge on any atom is 0.306 e. The minimum atomic E-state index is -0.582. The molecule has 0 aliphatic carbocycles. The summed E-state index contributed by atoms with van der Waals surface area (Å²) < 4.78 is 4.89. The fourth-order valence-corrected chi connectivity index (χ4v) is 3.09. The van der Waals surface area contributed by atoms with Gasteiger partial charge in [-0.15, -0.1) is 11.3 Å². The molecule has 2 rings (SSSR count). The molecule has 0 fully saturated rings. The number of aromatic hydroxyl groups is 1. The smallest absolute Gasteiger partial charge is 0.306 e. The molecule has 2 aromatic rings. The lowest BCUT2D eigenvalue weighted by atomic mass is 10.1. The summed E-state index contributed by atoms with van der Waals surface area (Å²) in [6, 6.07) is 7.05. The molecule has 1 amide bonds. The molecule has 0 atom stereocenters. The fourth-order valence-electron chi connectivity index (χ4n) is 2.39. The molecule has 0 aliphatic heterocycles. The molecule has 0 aliphatic rings. The summed E-state index contributed by atoms with van der Waals surface area (Å²) in [7, 11) is 0. The van der Waals surface area contributed by atoms with Crippen LogP contribution in [0.3, 0.4) is 0 Å². The van der Waals surface area contributed by atoms with E-state index in [4.69, 9.17) is 4.74 Å². The van der Waals surface area contributed by atoms with Gasteiger partial charge in [0.05, 0.1) is 11.3 Å². The standard InChI is InChI=1S/C19H21NO5S/c1-12-8-14(9-13(2)19(12)24)10-20-17(22)11-25-18(23)6-5-15(21)16-4-3-7-26-16/h3-4,7-9,24H,5-6,10-11H2,1-2H3,(H,20,22). The fraction of sp³-hybridized carbons (Fsp3) is 0.316. The number of benzene rings is 1. The summed E-state index contributed by atoms with van der Waals surface area (Å²) in [5.74, 6) is -0.877. The van der Waals surface area contributed by atoms with Gasteiger partial charge in [-0.1, -0.05) is 18.2 Å². The van der Waals surface area contributed by atoms with Crippen molar-refractivity contribution in [1.29, 1.82) is 0 Å². The summed E-state index contributed by atoms with van der Waals surface area (Å²) in [5.41, 5.74) is 2.31. The second-order valence-electron chi connectivity index (χ2n) is 5.92. The van der Waals surface area contributed by atoms with Gasteiger partial charge in [0.2, 0.25) is 0 Å². The van der Waals surface area contributed by atoms with Crippen LogP contribution >= 0.6 is 11.3 Å². The summed E-state index contributed by atoms with van der Waals surface area (Å²) >= 11 is 1.33. The Labute approximate surface area is 155 Å². The third-order valence-corrected chi connectivity index (χ3v) is 4.67. The number of ketones is 1. The summed E-state index contributed by atoms with van der Waals surface area (Å²) in [5, 5.41) is 14.2. The topological polar surface area (TPSA) is 92.7 Å². The SMILES string of the molecule is Cc1cc(CNC(=O)COC(=O)CCC(=O)c2cccs2)cc(C)c1O. The summed E-state index contributed by atoms with van der Waals surface area (Å²) in [4.78, 5) is 35.8. The van der Waals surface area contributed by atoms with Crippen molar-refractivity contribution in [1.82, 2.24) is 5.32 Å². The van der Waals surface area contributed by atoms with Crippen LogP contribution in [0.15, 0.2) is 29.6 Å². The molecule has 138 valence electrons. The average molecular weight is 375 g/mol. The Hall–Kier alpha value is -2.67. The highest BCUT2D eigenvalue weighted by Gasteiger charge is 2.12. The first-order valence-electron chi connectivity index (χ1n) is 8.15. The largest absolute Gasteiger partial charge is 0.507 e. The van der Waals surface area contributed by atoms with Crippen molar-refractivity contribution in [3.63, 3.8) is 0 Å². The van der Waals surface area contributed by atoms with E-state index in [-0.39, 0.29) is 37.5 Å². The van der Waals surface area contributed by atoms with Crippen molar-refractivity contribution >= 4 is 29.0 Å². The van der Waals surface area contributed by atoms with E-state index in [0.29, 0.717) is 4.88 Å². The molecule has 0 saturated heterocycles. The average Bonchev–Trinajstić information content (AvgIpc) is 3.15. The lowest BCUT2D eigenvalue weighted by Crippen LogP contribution is -2.28. The molecule has 1 heterocycles. The van der Waals surface area contributed by atoms with Crippen LogP contribution in [0.4, 0.5) is 0 Å². The minimum Gasteiger partial charge on any atom is -0.507 e. The first-order valence-corrected chi connectivity index (χ1v) is 9.03. The molecule has 0 spiro atoms. The second-order valence-corrected chi connectivity index (χ2v) is 6.86. The number of ether oxygens (including phenoxy) is 1. The van der Waals surface area contributed by atoms with Crippen molar-refractivity contribution in [3.8, 4) is 5.75 Å². The number of amides is 1. The predicted octanol–water partition coefficient (Wildman–Crippen LogP) is 2.89. The van der Waals surface area contributed by atoms with Gasteiger partial charge < -0.3 is 15.2 Å². The lowest BCUT2D eigenvalue weighted by Gasteiger charge is -2.09. The Kier molecular flexibility index (Phi) is 6.91. The lowest BCUT2D eigenvalue weighted by molar-refractivity contribution is -0.148. The molecule has 0 unspecified atom stereocenters. The molecular formula is C19H21NO5S. The number of Topliss-reactive ketones (excluding diaryl/α,β-unsaturated/α-hetero) is 1. The number of hydrogen-bond donors (Lipinski definition) is 2. The number of phenolic OH excluding ortho intramolecular Hbond substituents is 1. The van der Waals surface area contributed by atoms with Crippen LogP contribution in [-0.4, -0.2) is 29.4 Å². The molecular weight excluding hydrogens is 354 g/mol. The zero-order valence-electron chi connectivity index (χ0n) is 14.7. The van der Waals surface area contributed by atoms with Gasteiger partial charge in [-0.2, -0.15) is 0 Å². The number of esters is 1. The highest BCUT2D eigenvalue weighted by molar-refractivity contribution is 7.12. The predicted molar refractivity (Wildman–Crippen MR) is 98.3 cm³/mol. The van der Waals surface area contributed by atoms with Crippen LogP contribution in [0.25, 0.3) is 0 Å². The number of carbonyl (C=O) groups is 3. The van der Waals surface area contributed by atoms with E-state index < -0.39 is 11.9 Å². The highest BCUT2D eigenvalue weighted by Crippen LogP contribution is 2.22. The van der Waals surface area contributed by atoms with Crippen LogP contribution in [0.1, 0.15) is 39.2 Å². The highest BCUT2D eigenvalue weighted by atomic mass is 32.1. The molecule has 0 saturated carbocycles. The van der Waals surface area contributed by atoms with E-state index >= 15 is 0 Å². The molecule has 1 aromatic heterocycles. The summed E-state index contributed by atoms with van der Waals surface area (Å²) in [6.45, 7) is 3.46. The number of nitrogens with one attached hydrogen (secondary N) is 1. The monoisotopic (exact) mass is 375 g/mol. The first-order chi connectivity index (χ1) is 12.4. The van der Waals surface area contributed by atoms with Gasteiger partial charge in [-0.3, -0.25) is 14.4 Å². The third-order valence-electron chi connectivity index (χ3n) is 3.76. The van der Waals surface area contributed by atoms with Crippen molar-refractivity contribution in [3.05, 3.63) is 51.2 Å². The Balaban J connectivity index is 1.69. The van der Waals surface area contributed by atoms with Gasteiger partial charge in [-0.25, -0.2) is 0 Å². The van der Waals surface area contributed by atoms with Crippen LogP contribution in [-0.2, 0) is 20.9 Å². The second kappa shape index (κ2) is 9.15. The van der Waals surface area contributed by atoms with E-state index in [2.05, 4.69) is 5.32 Å². The number of aryl methyl sites for hydroxylation is 2. The Bertz CT molecular complexity index is 775. The van der Waals surface area contributed by atoms with E-state index in [1.54, 1.807) is 43.5 Å². The molecule has 1 aromatic carbocycles. The number of phenols is 1. The number of carbonyl (C=O) groups excluding carboxylic acids is 3. The quantitative estimate of drug-likeness (QED) is 0.547. The van der Waals surface area contributed by atoms with Crippen molar-refractivity contribution < 1.29 is 24.2 Å². The van der Waals surface area contributed by atoms with E-state index in [1.807, 2.05) is 0 Å². The minimum absolute atomic E-state index is 0.0552. The van der Waals surface area contributed by atoms with Crippen molar-refractivity contribution in [2.45, 2.75) is 33.2 Å². The zero-order chi connectivity index (χ0) is 19.1. The van der Waals surface area contributed by atoms with E-state index in [0.717, 1.165) is 16.7 Å². The van der Waals surface area contributed by atoms with Crippen molar-refractivity contribution in [2.75, 3.05) is 6.61 Å². The molecule has 26 heavy (non-hydrogen) atoms. The third kappa shape index (κ3) is 5.70. The van der Waals surface area contributed by atoms with Crippen LogP contribution in [0.5, 0.6) is 5.75 Å². The van der Waals surface area contributed by atoms with E-state index in [9.17, 15) is 19.5 Å². The summed E-state index contributed by atoms with van der Waals surface area (Å²) in [6.07, 6.45) is 0.00733. The van der Waals surface area contributed by atoms with Crippen molar-refractivity contribution in [2.24, 2.45) is 0 Å². The zero-order valence-corrected chi connectivity index (χ0v) is 15.5. The number of rotatable bonds is 8. The number of thiophene rings is 1. The Morgan fingerprint density at radius 1 is 1.15 bits per heavy atom. The normalized spacial score (nSPS) is 10.4. The van der Waals surface area contributed by atoms with Gasteiger partial charge in [-0.05, 0) is 42.0 Å². The Morgan fingerprint density at radius 2 is 1.85 bits per heavy atom. The van der Waals surface area contributed by atoms with Gasteiger partial charge in [0.1, 0.15) is 5.75 Å². The van der Waals surface area contributed by atoms with Crippen LogP contribution in [0.2, 0.25) is 0 Å². The van der Waals surface area contributed by atoms with Gasteiger partial charge >= 0.3 is 5.97 Å². The van der Waals surface area contributed by atoms with Gasteiger partial charge in [0.25, 0.3) is 5.91 Å². The van der Waals surface area contributed by atoms with Crippen LogP contribution < -0.4 is 5.32 Å². The Morgan fingerprint density at radius 3 is 2.46 bits per heavy atom. The molecule has 6 nitrogen and oxygen atoms in total. The maximum atomic E-state index is 11.8. The maximum absolute atomic E-state index is 11.8. The molecule has 0 radical (unpaired) electrons. The first kappa shape index (κ1) is 19.7. The number of hydrogen-bond acceptors (Lipinski definition) is 6. The van der Waals surface area contributed by atoms with Gasteiger partial charge in [0, 0.05) is 13.0 Å². The van der Waals surface area contributed by atoms with Crippen LogP contribution in [0, 0.1) is 13.8 Å². The van der Waals surface area contributed by atoms with Gasteiger partial charge in [0.15, 0.2) is 12.4 Å². The molecule has 0 bridgehead atoms. The van der Waals surface area contributed by atoms with E-state index in [1.165, 1.54) is 11.3 Å². The molecule has 7 heteroatoms.